The SMILES string of the molecule is CC(C)(C)NCCCS(=O)(=O)NC1(C(C)(C)C)CC1. The first kappa shape index (κ1) is 16.9. The van der Waals surface area contributed by atoms with Gasteiger partial charge in [-0.05, 0) is 52.0 Å². The van der Waals surface area contributed by atoms with Crippen molar-refractivity contribution in [1.82, 2.24) is 10.0 Å². The summed E-state index contributed by atoms with van der Waals surface area (Å²) in [6, 6.07) is 0. The number of rotatable bonds is 6. The van der Waals surface area contributed by atoms with Gasteiger partial charge in [0.2, 0.25) is 10.0 Å². The Morgan fingerprint density at radius 2 is 1.58 bits per heavy atom. The van der Waals surface area contributed by atoms with E-state index in [0.29, 0.717) is 6.42 Å². The summed E-state index contributed by atoms with van der Waals surface area (Å²) < 4.78 is 27.2. The van der Waals surface area contributed by atoms with Crippen LogP contribution in [0.3, 0.4) is 0 Å². The highest BCUT2D eigenvalue weighted by atomic mass is 32.2. The zero-order valence-corrected chi connectivity index (χ0v) is 14.1. The summed E-state index contributed by atoms with van der Waals surface area (Å²) in [5.41, 5.74) is -0.173. The smallest absolute Gasteiger partial charge is 0.212 e. The van der Waals surface area contributed by atoms with Gasteiger partial charge in [0.05, 0.1) is 5.75 Å². The molecule has 0 aliphatic heterocycles. The zero-order valence-electron chi connectivity index (χ0n) is 13.3. The topological polar surface area (TPSA) is 58.2 Å². The van der Waals surface area contributed by atoms with Gasteiger partial charge in [-0.3, -0.25) is 0 Å². The van der Waals surface area contributed by atoms with E-state index in [1.807, 2.05) is 0 Å². The van der Waals surface area contributed by atoms with Crippen LogP contribution >= 0.6 is 0 Å². The van der Waals surface area contributed by atoms with Crippen molar-refractivity contribution in [3.05, 3.63) is 0 Å². The Kier molecular flexibility index (Phi) is 4.75. The Hall–Kier alpha value is -0.130. The molecule has 1 rings (SSSR count). The van der Waals surface area contributed by atoms with E-state index in [2.05, 4.69) is 51.6 Å². The van der Waals surface area contributed by atoms with Crippen molar-refractivity contribution in [2.75, 3.05) is 12.3 Å². The fourth-order valence-corrected chi connectivity index (χ4v) is 3.94. The molecule has 5 heteroatoms. The predicted octanol–water partition coefficient (Wildman–Crippen LogP) is 2.26. The van der Waals surface area contributed by atoms with Gasteiger partial charge in [-0.1, -0.05) is 20.8 Å². The summed E-state index contributed by atoms with van der Waals surface area (Å²) in [6.45, 7) is 13.3. The lowest BCUT2D eigenvalue weighted by atomic mass is 9.85. The summed E-state index contributed by atoms with van der Waals surface area (Å²) in [5, 5.41) is 3.31. The third-order valence-corrected chi connectivity index (χ3v) is 5.31. The molecule has 1 saturated carbocycles. The molecule has 4 nitrogen and oxygen atoms in total. The fraction of sp³-hybridized carbons (Fsp3) is 1.00. The van der Waals surface area contributed by atoms with E-state index in [4.69, 9.17) is 0 Å². The van der Waals surface area contributed by atoms with Crippen LogP contribution in [0.2, 0.25) is 0 Å². The van der Waals surface area contributed by atoms with Crippen LogP contribution in [0.25, 0.3) is 0 Å². The number of nitrogens with one attached hydrogen (secondary N) is 2. The standard InChI is InChI=1S/C14H30N2O2S/c1-12(2,3)14(8-9-14)16-19(17,18)11-7-10-15-13(4,5)6/h15-16H,7-11H2,1-6H3. The second-order valence-corrected chi connectivity index (χ2v) is 9.63. The number of hydrogen-bond acceptors (Lipinski definition) is 3. The minimum absolute atomic E-state index is 0.0102. The van der Waals surface area contributed by atoms with Crippen LogP contribution in [0, 0.1) is 5.41 Å². The van der Waals surface area contributed by atoms with Crippen molar-refractivity contribution >= 4 is 10.0 Å². The fourth-order valence-electron chi connectivity index (χ4n) is 2.20. The third-order valence-electron chi connectivity index (χ3n) is 3.78. The van der Waals surface area contributed by atoms with Gasteiger partial charge in [0.1, 0.15) is 0 Å². The van der Waals surface area contributed by atoms with Crippen LogP contribution in [0.15, 0.2) is 0 Å². The van der Waals surface area contributed by atoms with Crippen LogP contribution in [0.4, 0.5) is 0 Å². The van der Waals surface area contributed by atoms with Gasteiger partial charge in [-0.15, -0.1) is 0 Å². The van der Waals surface area contributed by atoms with E-state index < -0.39 is 10.0 Å². The highest BCUT2D eigenvalue weighted by Crippen LogP contribution is 2.50. The monoisotopic (exact) mass is 290 g/mol. The molecule has 0 spiro atoms. The van der Waals surface area contributed by atoms with Gasteiger partial charge in [0.15, 0.2) is 0 Å². The molecule has 0 heterocycles. The molecule has 1 aliphatic rings. The molecule has 0 aromatic carbocycles. The molecule has 0 aromatic heterocycles. The Bertz CT molecular complexity index is 398. The molecule has 0 atom stereocenters. The largest absolute Gasteiger partial charge is 0.312 e. The quantitative estimate of drug-likeness (QED) is 0.738. The molecular weight excluding hydrogens is 260 g/mol. The van der Waals surface area contributed by atoms with E-state index in [9.17, 15) is 8.42 Å². The lowest BCUT2D eigenvalue weighted by Crippen LogP contribution is -2.47. The minimum atomic E-state index is -3.17. The van der Waals surface area contributed by atoms with Crippen LogP contribution in [-0.4, -0.2) is 31.8 Å². The molecule has 0 unspecified atom stereocenters. The first-order chi connectivity index (χ1) is 8.37. The van der Waals surface area contributed by atoms with E-state index >= 15 is 0 Å². The van der Waals surface area contributed by atoms with Crippen LogP contribution in [0.1, 0.15) is 60.8 Å². The van der Waals surface area contributed by atoms with Crippen LogP contribution < -0.4 is 10.0 Å². The third kappa shape index (κ3) is 5.40. The van der Waals surface area contributed by atoms with E-state index in [1.54, 1.807) is 0 Å². The summed E-state index contributed by atoms with van der Waals surface area (Å²) in [6.07, 6.45) is 2.55. The van der Waals surface area contributed by atoms with Gasteiger partial charge in [0, 0.05) is 11.1 Å². The molecular formula is C14H30N2O2S. The molecule has 0 amide bonds. The Labute approximate surface area is 118 Å². The van der Waals surface area contributed by atoms with Crippen LogP contribution in [-0.2, 0) is 10.0 Å². The van der Waals surface area contributed by atoms with Crippen molar-refractivity contribution in [1.29, 1.82) is 0 Å². The number of hydrogen-bond donors (Lipinski definition) is 2. The minimum Gasteiger partial charge on any atom is -0.312 e. The van der Waals surface area contributed by atoms with Crippen molar-refractivity contribution in [2.45, 2.75) is 71.9 Å². The van der Waals surface area contributed by atoms with Gasteiger partial charge in [-0.25, -0.2) is 13.1 Å². The van der Waals surface area contributed by atoms with Crippen molar-refractivity contribution in [3.8, 4) is 0 Å². The van der Waals surface area contributed by atoms with E-state index in [0.717, 1.165) is 19.4 Å². The molecule has 2 N–H and O–H groups in total. The molecule has 0 aromatic rings. The molecule has 0 saturated heterocycles. The Morgan fingerprint density at radius 1 is 1.05 bits per heavy atom. The zero-order chi connectivity index (χ0) is 14.9. The average molecular weight is 290 g/mol. The van der Waals surface area contributed by atoms with Gasteiger partial charge in [-0.2, -0.15) is 0 Å². The van der Waals surface area contributed by atoms with Crippen LogP contribution in [0.5, 0.6) is 0 Å². The predicted molar refractivity (Wildman–Crippen MR) is 80.7 cm³/mol. The van der Waals surface area contributed by atoms with Gasteiger partial charge >= 0.3 is 0 Å². The summed E-state index contributed by atoms with van der Waals surface area (Å²) in [4.78, 5) is 0. The Balaban J connectivity index is 2.42. The molecule has 1 fully saturated rings. The molecule has 0 bridgehead atoms. The lowest BCUT2D eigenvalue weighted by Gasteiger charge is -2.31. The lowest BCUT2D eigenvalue weighted by molar-refractivity contribution is 0.278. The normalized spacial score (nSPS) is 19.5. The average Bonchev–Trinajstić information content (AvgIpc) is 2.90. The molecule has 19 heavy (non-hydrogen) atoms. The number of sulfonamides is 1. The molecule has 1 aliphatic carbocycles. The maximum Gasteiger partial charge on any atom is 0.212 e. The maximum absolute atomic E-state index is 12.1. The summed E-state index contributed by atoms with van der Waals surface area (Å²) in [7, 11) is -3.17. The van der Waals surface area contributed by atoms with Gasteiger partial charge < -0.3 is 5.32 Å². The second-order valence-electron chi connectivity index (χ2n) is 7.78. The van der Waals surface area contributed by atoms with Crippen molar-refractivity contribution in [2.24, 2.45) is 5.41 Å². The van der Waals surface area contributed by atoms with E-state index in [1.165, 1.54) is 0 Å². The first-order valence-corrected chi connectivity index (χ1v) is 8.79. The highest BCUT2D eigenvalue weighted by molar-refractivity contribution is 7.89. The molecule has 0 radical (unpaired) electrons. The maximum atomic E-state index is 12.1. The second kappa shape index (κ2) is 5.34. The van der Waals surface area contributed by atoms with Crippen molar-refractivity contribution < 1.29 is 8.42 Å². The van der Waals surface area contributed by atoms with Crippen molar-refractivity contribution in [3.63, 3.8) is 0 Å². The summed E-state index contributed by atoms with van der Waals surface area (Å²) >= 11 is 0. The highest BCUT2D eigenvalue weighted by Gasteiger charge is 2.53. The first-order valence-electron chi connectivity index (χ1n) is 7.14. The van der Waals surface area contributed by atoms with Gasteiger partial charge in [0.25, 0.3) is 0 Å². The molecule has 114 valence electrons. The van der Waals surface area contributed by atoms with E-state index in [-0.39, 0.29) is 22.2 Å². The summed E-state index contributed by atoms with van der Waals surface area (Å²) in [5.74, 6) is 0.202. The Morgan fingerprint density at radius 3 is 1.95 bits per heavy atom.